The third-order valence-corrected chi connectivity index (χ3v) is 5.08. The van der Waals surface area contributed by atoms with Gasteiger partial charge in [-0.1, -0.05) is 54.6 Å². The molecule has 0 aliphatic rings. The van der Waals surface area contributed by atoms with Crippen molar-refractivity contribution in [3.63, 3.8) is 0 Å². The lowest BCUT2D eigenvalue weighted by molar-refractivity contribution is 0.560. The van der Waals surface area contributed by atoms with E-state index in [0.29, 0.717) is 0 Å². The second-order valence-electron chi connectivity index (χ2n) is 8.36. The summed E-state index contributed by atoms with van der Waals surface area (Å²) in [5, 5.41) is 0. The molecule has 4 aromatic carbocycles. The molecule has 0 atom stereocenters. The first-order valence-corrected chi connectivity index (χ1v) is 10.4. The largest absolute Gasteiger partial charge is 0.336 e. The molecule has 0 heterocycles. The number of hydrogen-bond acceptors (Lipinski definition) is 2. The lowest BCUT2D eigenvalue weighted by Crippen LogP contribution is -2.37. The van der Waals surface area contributed by atoms with Crippen LogP contribution in [0.5, 0.6) is 0 Å². The third kappa shape index (κ3) is 4.23. The molecule has 0 radical (unpaired) electrons. The predicted octanol–water partition coefficient (Wildman–Crippen LogP) is 8.09. The Morgan fingerprint density at radius 1 is 0.400 bits per heavy atom. The Labute approximate surface area is 180 Å². The Balaban J connectivity index is 1.75. The molecule has 0 unspecified atom stereocenters. The van der Waals surface area contributed by atoms with Crippen LogP contribution < -0.4 is 9.80 Å². The van der Waals surface area contributed by atoms with Gasteiger partial charge in [0.1, 0.15) is 0 Å². The van der Waals surface area contributed by atoms with Crippen LogP contribution in [0, 0.1) is 0 Å². The molecule has 0 amide bonds. The minimum atomic E-state index is -0.0403. The van der Waals surface area contributed by atoms with Crippen molar-refractivity contribution in [3.05, 3.63) is 115 Å². The van der Waals surface area contributed by atoms with Crippen molar-refractivity contribution in [2.45, 2.75) is 26.3 Å². The van der Waals surface area contributed by atoms with Crippen molar-refractivity contribution in [2.75, 3.05) is 9.80 Å². The Hall–Kier alpha value is -3.52. The van der Waals surface area contributed by atoms with Crippen molar-refractivity contribution in [1.82, 2.24) is 0 Å². The van der Waals surface area contributed by atoms with Crippen LogP contribution in [0.4, 0.5) is 28.4 Å². The Kier molecular flexibility index (Phi) is 5.58. The average molecular weight is 393 g/mol. The molecule has 0 aromatic heterocycles. The fourth-order valence-electron chi connectivity index (χ4n) is 3.85. The van der Waals surface area contributed by atoms with Crippen molar-refractivity contribution in [2.24, 2.45) is 0 Å². The van der Waals surface area contributed by atoms with E-state index in [4.69, 9.17) is 0 Å². The van der Waals surface area contributed by atoms with Crippen LogP contribution in [0.2, 0.25) is 0 Å². The summed E-state index contributed by atoms with van der Waals surface area (Å²) in [6.45, 7) is 6.73. The SMILES string of the molecule is CC(C)(C)N(c1ccccc1)c1ccc(N(c2ccccc2)c2ccccc2)cc1. The van der Waals surface area contributed by atoms with Crippen molar-refractivity contribution < 1.29 is 0 Å². The summed E-state index contributed by atoms with van der Waals surface area (Å²) in [6.07, 6.45) is 0. The van der Waals surface area contributed by atoms with Crippen molar-refractivity contribution in [1.29, 1.82) is 0 Å². The molecule has 4 rings (SSSR count). The fraction of sp³-hybridized carbons (Fsp3) is 0.143. The van der Waals surface area contributed by atoms with Gasteiger partial charge in [-0.2, -0.15) is 0 Å². The molecule has 0 aliphatic heterocycles. The molecule has 2 heteroatoms. The van der Waals surface area contributed by atoms with Crippen LogP contribution in [0.15, 0.2) is 115 Å². The van der Waals surface area contributed by atoms with Gasteiger partial charge in [0, 0.05) is 34.0 Å². The van der Waals surface area contributed by atoms with E-state index in [9.17, 15) is 0 Å². The van der Waals surface area contributed by atoms with Crippen LogP contribution in [-0.4, -0.2) is 5.54 Å². The zero-order valence-corrected chi connectivity index (χ0v) is 17.9. The van der Waals surface area contributed by atoms with E-state index in [1.54, 1.807) is 0 Å². The third-order valence-electron chi connectivity index (χ3n) is 5.08. The fourth-order valence-corrected chi connectivity index (χ4v) is 3.85. The normalized spacial score (nSPS) is 11.2. The Morgan fingerprint density at radius 3 is 1.10 bits per heavy atom. The van der Waals surface area contributed by atoms with Crippen LogP contribution >= 0.6 is 0 Å². The molecular formula is C28H28N2. The highest BCUT2D eigenvalue weighted by Gasteiger charge is 2.23. The minimum Gasteiger partial charge on any atom is -0.336 e. The van der Waals surface area contributed by atoms with E-state index in [1.807, 2.05) is 0 Å². The molecule has 4 aromatic rings. The van der Waals surface area contributed by atoms with Gasteiger partial charge in [0.25, 0.3) is 0 Å². The van der Waals surface area contributed by atoms with Crippen LogP contribution in [0.25, 0.3) is 0 Å². The lowest BCUT2D eigenvalue weighted by atomic mass is 10.0. The van der Waals surface area contributed by atoms with E-state index < -0.39 is 0 Å². The highest BCUT2D eigenvalue weighted by atomic mass is 15.2. The van der Waals surface area contributed by atoms with Gasteiger partial charge in [-0.15, -0.1) is 0 Å². The van der Waals surface area contributed by atoms with E-state index in [-0.39, 0.29) is 5.54 Å². The zero-order chi connectivity index (χ0) is 21.0. The number of hydrogen-bond donors (Lipinski definition) is 0. The van der Waals surface area contributed by atoms with Gasteiger partial charge < -0.3 is 9.80 Å². The van der Waals surface area contributed by atoms with Gasteiger partial charge >= 0.3 is 0 Å². The maximum atomic E-state index is 2.38. The van der Waals surface area contributed by atoms with Gasteiger partial charge in [0.15, 0.2) is 0 Å². The van der Waals surface area contributed by atoms with Gasteiger partial charge in [-0.3, -0.25) is 0 Å². The summed E-state index contributed by atoms with van der Waals surface area (Å²) in [7, 11) is 0. The molecule has 0 fully saturated rings. The number of rotatable bonds is 5. The zero-order valence-electron chi connectivity index (χ0n) is 17.9. The van der Waals surface area contributed by atoms with Crippen LogP contribution in [0.1, 0.15) is 20.8 Å². The number of anilines is 5. The summed E-state index contributed by atoms with van der Waals surface area (Å²) < 4.78 is 0. The smallest absolute Gasteiger partial charge is 0.0463 e. The standard InChI is InChI=1S/C28H28N2/c1-28(2,3)30(26-17-11-6-12-18-26)27-21-19-25(20-22-27)29(23-13-7-4-8-14-23)24-15-9-5-10-16-24/h4-22H,1-3H3. The molecule has 0 bridgehead atoms. The maximum Gasteiger partial charge on any atom is 0.0463 e. The van der Waals surface area contributed by atoms with Crippen molar-refractivity contribution in [3.8, 4) is 0 Å². The first-order valence-electron chi connectivity index (χ1n) is 10.4. The molecule has 0 saturated heterocycles. The predicted molar refractivity (Wildman–Crippen MR) is 129 cm³/mol. The monoisotopic (exact) mass is 392 g/mol. The number of para-hydroxylation sites is 3. The second kappa shape index (κ2) is 8.46. The maximum absolute atomic E-state index is 2.38. The molecule has 2 nitrogen and oxygen atoms in total. The van der Waals surface area contributed by atoms with Gasteiger partial charge in [0.05, 0.1) is 0 Å². The Bertz CT molecular complexity index is 1010. The summed E-state index contributed by atoms with van der Waals surface area (Å²) in [5.41, 5.74) is 5.76. The summed E-state index contributed by atoms with van der Waals surface area (Å²) in [6, 6.07) is 40.4. The molecule has 0 aliphatic carbocycles. The van der Waals surface area contributed by atoms with Gasteiger partial charge in [-0.25, -0.2) is 0 Å². The first-order chi connectivity index (χ1) is 14.5. The molecule has 0 spiro atoms. The summed E-state index contributed by atoms with van der Waals surface area (Å²) in [5.74, 6) is 0. The quantitative estimate of drug-likeness (QED) is 0.338. The topological polar surface area (TPSA) is 6.48 Å². The van der Waals surface area contributed by atoms with Crippen molar-refractivity contribution >= 4 is 28.4 Å². The number of nitrogens with zero attached hydrogens (tertiary/aromatic N) is 2. The minimum absolute atomic E-state index is 0.0403. The molecule has 0 saturated carbocycles. The van der Waals surface area contributed by atoms with E-state index in [0.717, 1.165) is 17.1 Å². The molecule has 150 valence electrons. The van der Waals surface area contributed by atoms with Gasteiger partial charge in [0.2, 0.25) is 0 Å². The Morgan fingerprint density at radius 2 is 0.700 bits per heavy atom. The van der Waals surface area contributed by atoms with Crippen LogP contribution in [-0.2, 0) is 0 Å². The second-order valence-corrected chi connectivity index (χ2v) is 8.36. The van der Waals surface area contributed by atoms with Crippen LogP contribution in [0.3, 0.4) is 0 Å². The van der Waals surface area contributed by atoms with E-state index in [1.165, 1.54) is 11.4 Å². The molecule has 0 N–H and O–H groups in total. The lowest BCUT2D eigenvalue weighted by Gasteiger charge is -2.38. The van der Waals surface area contributed by atoms with E-state index >= 15 is 0 Å². The first kappa shape index (κ1) is 19.8. The number of benzene rings is 4. The highest BCUT2D eigenvalue weighted by molar-refractivity contribution is 5.78. The van der Waals surface area contributed by atoms with E-state index in [2.05, 4.69) is 146 Å². The molecule has 30 heavy (non-hydrogen) atoms. The highest BCUT2D eigenvalue weighted by Crippen LogP contribution is 2.38. The summed E-state index contributed by atoms with van der Waals surface area (Å²) in [4.78, 5) is 4.67. The summed E-state index contributed by atoms with van der Waals surface area (Å²) >= 11 is 0. The molecular weight excluding hydrogens is 364 g/mol. The average Bonchev–Trinajstić information content (AvgIpc) is 2.77. The van der Waals surface area contributed by atoms with Gasteiger partial charge in [-0.05, 0) is 81.4 Å².